The van der Waals surface area contributed by atoms with Gasteiger partial charge in [0.15, 0.2) is 0 Å². The lowest BCUT2D eigenvalue weighted by Gasteiger charge is -2.18. The molecule has 2 aromatic carbocycles. The third-order valence-electron chi connectivity index (χ3n) is 4.57. The number of fused-ring (bicyclic) bond motifs is 1. The zero-order chi connectivity index (χ0) is 19.0. The number of carbonyl (C=O) groups excluding carboxylic acids is 1. The van der Waals surface area contributed by atoms with Crippen molar-refractivity contribution >= 4 is 38.4 Å². The zero-order valence-electron chi connectivity index (χ0n) is 14.7. The third kappa shape index (κ3) is 3.24. The summed E-state index contributed by atoms with van der Waals surface area (Å²) < 4.78 is 27.1. The predicted molar refractivity (Wildman–Crippen MR) is 105 cm³/mol. The van der Waals surface area contributed by atoms with E-state index in [4.69, 9.17) is 0 Å². The summed E-state index contributed by atoms with van der Waals surface area (Å²) in [5, 5.41) is 3.79. The Kier molecular flexibility index (Phi) is 4.29. The van der Waals surface area contributed by atoms with Gasteiger partial charge in [-0.3, -0.25) is 14.1 Å². The molecule has 0 radical (unpaired) electrons. The fourth-order valence-corrected chi connectivity index (χ4v) is 4.38. The molecule has 1 N–H and O–H groups in total. The minimum absolute atomic E-state index is 0.258. The molecule has 2 heterocycles. The van der Waals surface area contributed by atoms with Crippen LogP contribution in [0.3, 0.4) is 0 Å². The van der Waals surface area contributed by atoms with Gasteiger partial charge in [-0.25, -0.2) is 0 Å². The second-order valence-corrected chi connectivity index (χ2v) is 8.27. The van der Waals surface area contributed by atoms with Crippen molar-refractivity contribution < 1.29 is 13.2 Å². The molecular weight excluding hydrogens is 364 g/mol. The Morgan fingerprint density at radius 1 is 1.07 bits per heavy atom. The van der Waals surface area contributed by atoms with Gasteiger partial charge in [-0.05, 0) is 48.5 Å². The highest BCUT2D eigenvalue weighted by Gasteiger charge is 2.33. The van der Waals surface area contributed by atoms with Crippen LogP contribution in [0, 0.1) is 0 Å². The first-order chi connectivity index (χ1) is 12.9. The summed E-state index contributed by atoms with van der Waals surface area (Å²) in [6.07, 6.45) is 1.72. The Morgan fingerprint density at radius 3 is 2.56 bits per heavy atom. The molecule has 4 rings (SSSR count). The van der Waals surface area contributed by atoms with Crippen LogP contribution in [-0.2, 0) is 10.2 Å². The molecule has 0 atom stereocenters. The number of pyridine rings is 1. The summed E-state index contributed by atoms with van der Waals surface area (Å²) in [5.74, 6) is -0.258. The molecule has 1 aliphatic heterocycles. The van der Waals surface area contributed by atoms with Crippen molar-refractivity contribution in [3.8, 4) is 0 Å². The largest absolute Gasteiger partial charge is 0.322 e. The zero-order valence-corrected chi connectivity index (χ0v) is 15.5. The lowest BCUT2D eigenvalue weighted by molar-refractivity contribution is 0.102. The van der Waals surface area contributed by atoms with Gasteiger partial charge >= 0.3 is 10.2 Å². The van der Waals surface area contributed by atoms with Gasteiger partial charge in [0.2, 0.25) is 0 Å². The van der Waals surface area contributed by atoms with E-state index in [1.165, 1.54) is 8.61 Å². The molecule has 1 fully saturated rings. The molecule has 1 aliphatic rings. The number of benzene rings is 2. The number of nitrogens with zero attached hydrogens (tertiary/aromatic N) is 3. The number of aromatic nitrogens is 1. The van der Waals surface area contributed by atoms with Gasteiger partial charge < -0.3 is 5.32 Å². The van der Waals surface area contributed by atoms with Crippen molar-refractivity contribution in [3.63, 3.8) is 0 Å². The molecule has 7 nitrogen and oxygen atoms in total. The molecule has 0 bridgehead atoms. The Morgan fingerprint density at radius 2 is 1.85 bits per heavy atom. The summed E-state index contributed by atoms with van der Waals surface area (Å²) in [6, 6.07) is 15.8. The fraction of sp³-hybridized carbons (Fsp3) is 0.158. The Balaban J connectivity index is 1.52. The molecule has 3 aromatic rings. The molecule has 1 aromatic heterocycles. The molecule has 1 saturated heterocycles. The van der Waals surface area contributed by atoms with Gasteiger partial charge in [-0.2, -0.15) is 12.7 Å². The number of hydrogen-bond donors (Lipinski definition) is 1. The van der Waals surface area contributed by atoms with Crippen LogP contribution >= 0.6 is 0 Å². The highest BCUT2D eigenvalue weighted by molar-refractivity contribution is 7.90. The van der Waals surface area contributed by atoms with Crippen LogP contribution in [-0.4, -0.2) is 43.8 Å². The lowest BCUT2D eigenvalue weighted by Crippen LogP contribution is -2.30. The maximum atomic E-state index is 12.5. The van der Waals surface area contributed by atoms with Crippen molar-refractivity contribution in [2.75, 3.05) is 29.8 Å². The van der Waals surface area contributed by atoms with E-state index in [2.05, 4.69) is 10.3 Å². The Hall–Kier alpha value is -2.97. The number of anilines is 2. The van der Waals surface area contributed by atoms with Crippen molar-refractivity contribution in [2.24, 2.45) is 0 Å². The van der Waals surface area contributed by atoms with Crippen LogP contribution in [0.25, 0.3) is 10.9 Å². The topological polar surface area (TPSA) is 82.6 Å². The summed E-state index contributed by atoms with van der Waals surface area (Å²) in [7, 11) is -1.91. The van der Waals surface area contributed by atoms with Crippen molar-refractivity contribution in [1.82, 2.24) is 9.29 Å². The molecule has 0 aliphatic carbocycles. The Bertz CT molecular complexity index is 1110. The van der Waals surface area contributed by atoms with E-state index in [1.807, 2.05) is 24.3 Å². The SMILES string of the molecule is CN1CCN(c2ccc(C(=O)Nc3ccc4ncccc4c3)cc2)S1(=O)=O. The van der Waals surface area contributed by atoms with Crippen molar-refractivity contribution in [3.05, 3.63) is 66.4 Å². The van der Waals surface area contributed by atoms with E-state index < -0.39 is 10.2 Å². The highest BCUT2D eigenvalue weighted by atomic mass is 32.2. The standard InChI is InChI=1S/C19H18N4O3S/c1-22-11-12-23(27(22,25)26)17-7-4-14(5-8-17)19(24)21-16-6-9-18-15(13-16)3-2-10-20-18/h2-10,13H,11-12H2,1H3,(H,21,24). The minimum atomic E-state index is -3.46. The normalized spacial score (nSPS) is 16.6. The monoisotopic (exact) mass is 382 g/mol. The highest BCUT2D eigenvalue weighted by Crippen LogP contribution is 2.25. The summed E-state index contributed by atoms with van der Waals surface area (Å²) in [6.45, 7) is 0.844. The van der Waals surface area contributed by atoms with Crippen molar-refractivity contribution in [2.45, 2.75) is 0 Å². The van der Waals surface area contributed by atoms with Crippen LogP contribution < -0.4 is 9.62 Å². The van der Waals surface area contributed by atoms with Gasteiger partial charge in [0.1, 0.15) is 0 Å². The predicted octanol–water partition coefficient (Wildman–Crippen LogP) is 2.48. The van der Waals surface area contributed by atoms with E-state index in [0.29, 0.717) is 30.0 Å². The molecule has 0 spiro atoms. The van der Waals surface area contributed by atoms with E-state index in [0.717, 1.165) is 10.9 Å². The number of rotatable bonds is 3. The Labute approximate surface area is 157 Å². The van der Waals surface area contributed by atoms with E-state index in [-0.39, 0.29) is 5.91 Å². The number of likely N-dealkylation sites (N-methyl/N-ethyl adjacent to an activating group) is 1. The number of carbonyl (C=O) groups is 1. The van der Waals surface area contributed by atoms with Crippen LogP contribution in [0.1, 0.15) is 10.4 Å². The third-order valence-corrected chi connectivity index (χ3v) is 6.49. The van der Waals surface area contributed by atoms with Crippen molar-refractivity contribution in [1.29, 1.82) is 0 Å². The summed E-state index contributed by atoms with van der Waals surface area (Å²) >= 11 is 0. The maximum absolute atomic E-state index is 12.5. The smallest absolute Gasteiger partial charge is 0.303 e. The lowest BCUT2D eigenvalue weighted by atomic mass is 10.1. The second kappa shape index (κ2) is 6.64. The average molecular weight is 382 g/mol. The number of nitrogens with one attached hydrogen (secondary N) is 1. The van der Waals surface area contributed by atoms with E-state index in [9.17, 15) is 13.2 Å². The van der Waals surface area contributed by atoms with Crippen LogP contribution in [0.4, 0.5) is 11.4 Å². The van der Waals surface area contributed by atoms with Gasteiger partial charge in [0.25, 0.3) is 5.91 Å². The quantitative estimate of drug-likeness (QED) is 0.754. The van der Waals surface area contributed by atoms with E-state index >= 15 is 0 Å². The molecule has 0 saturated carbocycles. The molecule has 27 heavy (non-hydrogen) atoms. The van der Waals surface area contributed by atoms with Gasteiger partial charge in [-0.1, -0.05) is 6.07 Å². The summed E-state index contributed by atoms with van der Waals surface area (Å²) in [5.41, 5.74) is 2.53. The van der Waals surface area contributed by atoms with Gasteiger partial charge in [0, 0.05) is 43.0 Å². The minimum Gasteiger partial charge on any atom is -0.322 e. The first-order valence-corrected chi connectivity index (χ1v) is 9.85. The molecule has 138 valence electrons. The van der Waals surface area contributed by atoms with Gasteiger partial charge in [0.05, 0.1) is 11.2 Å². The van der Waals surface area contributed by atoms with Gasteiger partial charge in [-0.15, -0.1) is 0 Å². The summed E-state index contributed by atoms with van der Waals surface area (Å²) in [4.78, 5) is 16.7. The molecule has 1 amide bonds. The fourth-order valence-electron chi connectivity index (χ4n) is 3.03. The number of amides is 1. The molecule has 8 heteroatoms. The van der Waals surface area contributed by atoms with Crippen LogP contribution in [0.2, 0.25) is 0 Å². The van der Waals surface area contributed by atoms with Crippen LogP contribution in [0.5, 0.6) is 0 Å². The maximum Gasteiger partial charge on any atom is 0.303 e. The van der Waals surface area contributed by atoms with Crippen LogP contribution in [0.15, 0.2) is 60.8 Å². The van der Waals surface area contributed by atoms with E-state index in [1.54, 1.807) is 43.6 Å². The first-order valence-electron chi connectivity index (χ1n) is 8.45. The second-order valence-electron chi connectivity index (χ2n) is 6.31. The molecular formula is C19H18N4O3S. The first kappa shape index (κ1) is 17.4. The average Bonchev–Trinajstić information content (AvgIpc) is 2.94. The number of hydrogen-bond acceptors (Lipinski definition) is 4. The molecule has 0 unspecified atom stereocenters.